The van der Waals surface area contributed by atoms with Crippen molar-refractivity contribution in [3.8, 4) is 0 Å². The van der Waals surface area contributed by atoms with Crippen molar-refractivity contribution in [1.82, 2.24) is 0 Å². The molecule has 1 aliphatic rings. The second-order valence-electron chi connectivity index (χ2n) is 8.96. The Morgan fingerprint density at radius 3 is 2.20 bits per heavy atom. The maximum Gasteiger partial charge on any atom is 0.335 e. The highest BCUT2D eigenvalue weighted by Gasteiger charge is 2.54. The molecule has 2 rings (SSSR count). The van der Waals surface area contributed by atoms with E-state index in [-0.39, 0.29) is 11.6 Å². The third-order valence-corrected chi connectivity index (χ3v) is 10.1. The number of esters is 1. The van der Waals surface area contributed by atoms with Crippen LogP contribution in [0.15, 0.2) is 30.3 Å². The highest BCUT2D eigenvalue weighted by atomic mass is 28.4. The number of aliphatic hydroxyl groups excluding tert-OH is 1. The summed E-state index contributed by atoms with van der Waals surface area (Å²) in [6.45, 7) is 11.4. The molecule has 1 unspecified atom stereocenters. The van der Waals surface area contributed by atoms with E-state index in [2.05, 4.69) is 0 Å². The number of hydrogen-bond donors (Lipinski definition) is 2. The summed E-state index contributed by atoms with van der Waals surface area (Å²) in [4.78, 5) is 23.6. The van der Waals surface area contributed by atoms with E-state index >= 15 is 0 Å². The van der Waals surface area contributed by atoms with Crippen LogP contribution in [0.25, 0.3) is 0 Å². The molecule has 1 fully saturated rings. The fourth-order valence-electron chi connectivity index (χ4n) is 2.94. The van der Waals surface area contributed by atoms with Gasteiger partial charge in [0.1, 0.15) is 12.2 Å². The Morgan fingerprint density at radius 2 is 1.70 bits per heavy atom. The second kappa shape index (κ2) is 9.57. The number of carbonyl (C=O) groups excluding carboxylic acids is 1. The molecule has 1 saturated heterocycles. The smallest absolute Gasteiger partial charge is 0.335 e. The van der Waals surface area contributed by atoms with E-state index in [1.54, 1.807) is 0 Å². The van der Waals surface area contributed by atoms with Crippen molar-refractivity contribution in [2.24, 2.45) is 0 Å². The van der Waals surface area contributed by atoms with Crippen LogP contribution in [0.2, 0.25) is 18.1 Å². The van der Waals surface area contributed by atoms with Crippen LogP contribution in [0.4, 0.5) is 0 Å². The van der Waals surface area contributed by atoms with Gasteiger partial charge < -0.3 is 28.8 Å². The summed E-state index contributed by atoms with van der Waals surface area (Å²) in [6, 6.07) is 9.28. The monoisotopic (exact) mass is 440 g/mol. The summed E-state index contributed by atoms with van der Waals surface area (Å²) in [6.07, 6.45) is -6.46. The Morgan fingerprint density at radius 1 is 1.10 bits per heavy atom. The van der Waals surface area contributed by atoms with Crippen molar-refractivity contribution >= 4 is 20.3 Å². The molecular weight excluding hydrogens is 408 g/mol. The van der Waals surface area contributed by atoms with Gasteiger partial charge in [-0.3, -0.25) is 4.79 Å². The Hall–Kier alpha value is -1.78. The summed E-state index contributed by atoms with van der Waals surface area (Å²) < 4.78 is 23.0. The normalized spacial score (nSPS) is 27.5. The lowest BCUT2D eigenvalue weighted by Gasteiger charge is -2.47. The van der Waals surface area contributed by atoms with E-state index in [0.29, 0.717) is 0 Å². The first-order valence-corrected chi connectivity index (χ1v) is 12.8. The minimum absolute atomic E-state index is 0.125. The Balaban J connectivity index is 2.41. The lowest BCUT2D eigenvalue weighted by atomic mass is 9.98. The molecule has 8 nitrogen and oxygen atoms in total. The summed E-state index contributed by atoms with van der Waals surface area (Å²) in [7, 11) is -2.47. The lowest BCUT2D eigenvalue weighted by Crippen LogP contribution is -2.65. The highest BCUT2D eigenvalue weighted by Crippen LogP contribution is 2.40. The van der Waals surface area contributed by atoms with Crippen LogP contribution in [0.1, 0.15) is 33.3 Å². The molecule has 168 valence electrons. The molecular formula is C21H32O8Si. The van der Waals surface area contributed by atoms with Crippen LogP contribution in [-0.4, -0.2) is 61.2 Å². The fourth-order valence-corrected chi connectivity index (χ4v) is 4.24. The summed E-state index contributed by atoms with van der Waals surface area (Å²) in [5.74, 6) is -1.93. The summed E-state index contributed by atoms with van der Waals surface area (Å²) >= 11 is 0. The van der Waals surface area contributed by atoms with Crippen molar-refractivity contribution in [3.05, 3.63) is 35.9 Å². The average Bonchev–Trinajstić information content (AvgIpc) is 2.62. The van der Waals surface area contributed by atoms with E-state index in [4.69, 9.17) is 18.6 Å². The topological polar surface area (TPSA) is 112 Å². The number of carbonyl (C=O) groups is 2. The molecule has 5 atom stereocenters. The SMILES string of the molecule is CC(=O)O[C@H]1C(O)O[C@@H](C(=O)O)[C@@H](O[Si](C)(C)C(C)(C)C)[C@@H]1OCc1ccccc1. The lowest BCUT2D eigenvalue weighted by molar-refractivity contribution is -0.290. The van der Waals surface area contributed by atoms with E-state index in [9.17, 15) is 19.8 Å². The predicted molar refractivity (Wildman–Crippen MR) is 111 cm³/mol. The maximum absolute atomic E-state index is 11.9. The number of aliphatic carboxylic acids is 1. The number of ether oxygens (including phenoxy) is 3. The van der Waals surface area contributed by atoms with Gasteiger partial charge >= 0.3 is 11.9 Å². The number of carboxylic acids is 1. The van der Waals surface area contributed by atoms with Gasteiger partial charge in [0.05, 0.1) is 6.61 Å². The van der Waals surface area contributed by atoms with Gasteiger partial charge in [0.2, 0.25) is 0 Å². The second-order valence-corrected chi connectivity index (χ2v) is 13.7. The molecule has 0 bridgehead atoms. The van der Waals surface area contributed by atoms with Gasteiger partial charge in [-0.2, -0.15) is 0 Å². The predicted octanol–water partition coefficient (Wildman–Crippen LogP) is 2.70. The number of hydrogen-bond acceptors (Lipinski definition) is 7. The highest BCUT2D eigenvalue weighted by molar-refractivity contribution is 6.74. The van der Waals surface area contributed by atoms with Crippen molar-refractivity contribution in [1.29, 1.82) is 0 Å². The first kappa shape index (κ1) is 24.5. The van der Waals surface area contributed by atoms with E-state index in [1.165, 1.54) is 6.92 Å². The van der Waals surface area contributed by atoms with Crippen molar-refractivity contribution in [3.63, 3.8) is 0 Å². The standard InChI is InChI=1S/C21H32O8Si/c1-13(22)27-18-15(26-12-14-10-8-7-9-11-14)16(17(19(23)24)28-20(18)25)29-30(5,6)21(2,3)4/h7-11,15-18,20,25H,12H2,1-6H3,(H,23,24)/t15-,16-,17+,18+,20?/m0/s1. The van der Waals surface area contributed by atoms with Crippen molar-refractivity contribution in [2.75, 3.05) is 0 Å². The van der Waals surface area contributed by atoms with Gasteiger partial charge in [0, 0.05) is 6.92 Å². The maximum atomic E-state index is 11.9. The molecule has 2 N–H and O–H groups in total. The third kappa shape index (κ3) is 5.89. The first-order valence-electron chi connectivity index (χ1n) is 9.90. The molecule has 1 aromatic carbocycles. The average molecular weight is 441 g/mol. The zero-order valence-corrected chi connectivity index (χ0v) is 19.3. The number of rotatable bonds is 7. The minimum atomic E-state index is -2.47. The molecule has 1 aromatic rings. The zero-order valence-electron chi connectivity index (χ0n) is 18.3. The summed E-state index contributed by atoms with van der Waals surface area (Å²) in [5.41, 5.74) is 0.845. The summed E-state index contributed by atoms with van der Waals surface area (Å²) in [5, 5.41) is 19.9. The number of carboxylic acid groups (broad SMARTS) is 1. The van der Waals surface area contributed by atoms with Gasteiger partial charge in [-0.1, -0.05) is 51.1 Å². The Kier molecular flexibility index (Phi) is 7.81. The van der Waals surface area contributed by atoms with Crippen molar-refractivity contribution < 1.29 is 38.4 Å². The van der Waals surface area contributed by atoms with Gasteiger partial charge in [-0.05, 0) is 23.7 Å². The Bertz CT molecular complexity index is 730. The Labute approximate surface area is 178 Å². The van der Waals surface area contributed by atoms with Crippen LogP contribution in [0, 0.1) is 0 Å². The van der Waals surface area contributed by atoms with E-state index in [1.807, 2.05) is 64.2 Å². The third-order valence-electron chi connectivity index (χ3n) is 5.58. The van der Waals surface area contributed by atoms with E-state index in [0.717, 1.165) is 5.56 Å². The minimum Gasteiger partial charge on any atom is -0.479 e. The van der Waals surface area contributed by atoms with Crippen LogP contribution in [0.5, 0.6) is 0 Å². The van der Waals surface area contributed by atoms with Gasteiger partial charge in [0.15, 0.2) is 26.8 Å². The van der Waals surface area contributed by atoms with Crippen LogP contribution in [0.3, 0.4) is 0 Å². The van der Waals surface area contributed by atoms with Crippen LogP contribution >= 0.6 is 0 Å². The fraction of sp³-hybridized carbons (Fsp3) is 0.619. The molecule has 9 heteroatoms. The molecule has 0 radical (unpaired) electrons. The zero-order chi connectivity index (χ0) is 22.7. The molecule has 1 heterocycles. The molecule has 1 aliphatic heterocycles. The van der Waals surface area contributed by atoms with Crippen molar-refractivity contribution in [2.45, 2.75) is 83.1 Å². The van der Waals surface area contributed by atoms with Crippen LogP contribution < -0.4 is 0 Å². The largest absolute Gasteiger partial charge is 0.479 e. The molecule has 0 saturated carbocycles. The molecule has 0 aliphatic carbocycles. The van der Waals surface area contributed by atoms with Gasteiger partial charge in [-0.25, -0.2) is 4.79 Å². The number of benzene rings is 1. The van der Waals surface area contributed by atoms with Gasteiger partial charge in [-0.15, -0.1) is 0 Å². The molecule has 0 amide bonds. The molecule has 30 heavy (non-hydrogen) atoms. The van der Waals surface area contributed by atoms with Crippen LogP contribution in [-0.2, 0) is 34.8 Å². The van der Waals surface area contributed by atoms with Gasteiger partial charge in [0.25, 0.3) is 0 Å². The first-order chi connectivity index (χ1) is 13.8. The quantitative estimate of drug-likeness (QED) is 0.492. The number of aliphatic hydroxyl groups is 1. The molecule has 0 spiro atoms. The molecule has 0 aromatic heterocycles. The van der Waals surface area contributed by atoms with E-state index < -0.39 is 51.0 Å².